The van der Waals surface area contributed by atoms with Crippen molar-refractivity contribution < 1.29 is 14.0 Å². The Labute approximate surface area is 122 Å². The Balaban J connectivity index is 2.13. The van der Waals surface area contributed by atoms with Crippen LogP contribution < -0.4 is 10.6 Å². The molecule has 6 nitrogen and oxygen atoms in total. The lowest BCUT2D eigenvalue weighted by Gasteiger charge is -2.47. The van der Waals surface area contributed by atoms with Crippen LogP contribution >= 0.6 is 0 Å². The first-order valence-corrected chi connectivity index (χ1v) is 7.57. The zero-order valence-corrected chi connectivity index (χ0v) is 13.2. The van der Waals surface area contributed by atoms with Crippen molar-refractivity contribution in [3.63, 3.8) is 0 Å². The number of quaternary nitrogens is 1. The highest BCUT2D eigenvalue weighted by Crippen LogP contribution is 2.22. The molecule has 2 aliphatic rings. The zero-order chi connectivity index (χ0) is 14.8. The van der Waals surface area contributed by atoms with Crippen LogP contribution in [0.3, 0.4) is 0 Å². The second kappa shape index (κ2) is 5.97. The summed E-state index contributed by atoms with van der Waals surface area (Å²) >= 11 is 0. The number of ether oxygens (including phenoxy) is 1. The van der Waals surface area contributed by atoms with Crippen molar-refractivity contribution >= 4 is 6.09 Å². The van der Waals surface area contributed by atoms with E-state index in [1.807, 2.05) is 27.8 Å². The minimum atomic E-state index is -0.433. The highest BCUT2D eigenvalue weighted by Gasteiger charge is 2.48. The first-order valence-electron chi connectivity index (χ1n) is 7.57. The van der Waals surface area contributed by atoms with Gasteiger partial charge in [0.05, 0.1) is 13.6 Å². The van der Waals surface area contributed by atoms with Crippen LogP contribution in [-0.2, 0) is 4.74 Å². The summed E-state index contributed by atoms with van der Waals surface area (Å²) in [7, 11) is 2.02. The fourth-order valence-electron chi connectivity index (χ4n) is 2.94. The van der Waals surface area contributed by atoms with Gasteiger partial charge < -0.3 is 15.4 Å². The van der Waals surface area contributed by atoms with Gasteiger partial charge in [0.2, 0.25) is 0 Å². The topological polar surface area (TPSA) is 53.6 Å². The van der Waals surface area contributed by atoms with Crippen LogP contribution in [0.2, 0.25) is 0 Å². The summed E-state index contributed by atoms with van der Waals surface area (Å²) in [6, 6.07) is 0. The number of rotatable bonds is 1. The standard InChI is InChI=1S/C14H29N4O2/c1-14(2,3)20-13(19)18(4)10-7-16-11-12(18)17-8-5-15-6-9-17/h12,15-16H,5-11H2,1-4H3/q+1. The molecule has 0 aromatic carbocycles. The van der Waals surface area contributed by atoms with Crippen LogP contribution in [0.25, 0.3) is 0 Å². The first-order chi connectivity index (χ1) is 9.33. The summed E-state index contributed by atoms with van der Waals surface area (Å²) in [4.78, 5) is 15.1. The number of likely N-dealkylation sites (N-methyl/N-ethyl adjacent to an activating group) is 1. The average Bonchev–Trinajstić information content (AvgIpc) is 2.38. The van der Waals surface area contributed by atoms with Gasteiger partial charge in [-0.15, -0.1) is 0 Å². The van der Waals surface area contributed by atoms with E-state index in [4.69, 9.17) is 4.74 Å². The third-order valence-electron chi connectivity index (χ3n) is 4.12. The molecule has 20 heavy (non-hydrogen) atoms. The molecule has 2 fully saturated rings. The number of hydrogen-bond donors (Lipinski definition) is 2. The molecule has 2 rings (SSSR count). The molecule has 2 N–H and O–H groups in total. The van der Waals surface area contributed by atoms with Gasteiger partial charge in [-0.2, -0.15) is 4.79 Å². The Kier molecular flexibility index (Phi) is 4.69. The van der Waals surface area contributed by atoms with E-state index in [1.54, 1.807) is 0 Å². The Morgan fingerprint density at radius 3 is 2.45 bits per heavy atom. The van der Waals surface area contributed by atoms with Crippen molar-refractivity contribution in [3.05, 3.63) is 0 Å². The van der Waals surface area contributed by atoms with Crippen molar-refractivity contribution in [2.45, 2.75) is 32.5 Å². The maximum Gasteiger partial charge on any atom is 0.517 e. The fraction of sp³-hybridized carbons (Fsp3) is 0.929. The number of amides is 1. The molecule has 0 aromatic rings. The van der Waals surface area contributed by atoms with Gasteiger partial charge in [-0.05, 0) is 20.8 Å². The Morgan fingerprint density at radius 2 is 1.85 bits per heavy atom. The van der Waals surface area contributed by atoms with Gasteiger partial charge in [-0.3, -0.25) is 0 Å². The summed E-state index contributed by atoms with van der Waals surface area (Å²) in [5.41, 5.74) is -0.433. The summed E-state index contributed by atoms with van der Waals surface area (Å²) in [5, 5.41) is 6.78. The fourth-order valence-corrected chi connectivity index (χ4v) is 2.94. The second-order valence-electron chi connectivity index (χ2n) is 6.94. The van der Waals surface area contributed by atoms with Gasteiger partial charge in [0.1, 0.15) is 12.1 Å². The number of carbonyl (C=O) groups is 1. The lowest BCUT2D eigenvalue weighted by molar-refractivity contribution is -0.879. The Bertz CT molecular complexity index is 350. The molecule has 1 amide bonds. The summed E-state index contributed by atoms with van der Waals surface area (Å²) in [6.45, 7) is 12.2. The molecule has 0 radical (unpaired) electrons. The van der Waals surface area contributed by atoms with E-state index < -0.39 is 5.60 Å². The van der Waals surface area contributed by atoms with E-state index in [9.17, 15) is 4.79 Å². The molecule has 2 saturated heterocycles. The normalized spacial score (nSPS) is 32.9. The number of nitrogens with zero attached hydrogens (tertiary/aromatic N) is 2. The van der Waals surface area contributed by atoms with E-state index in [2.05, 4.69) is 15.5 Å². The molecule has 0 aromatic heterocycles. The first kappa shape index (κ1) is 15.7. The highest BCUT2D eigenvalue weighted by atomic mass is 16.6. The predicted octanol–water partition coefficient (Wildman–Crippen LogP) is 0.203. The minimum Gasteiger partial charge on any atom is -0.414 e. The molecule has 116 valence electrons. The molecule has 0 saturated carbocycles. The molecule has 2 heterocycles. The van der Waals surface area contributed by atoms with Crippen molar-refractivity contribution in [1.29, 1.82) is 0 Å². The van der Waals surface area contributed by atoms with Crippen molar-refractivity contribution in [2.24, 2.45) is 0 Å². The monoisotopic (exact) mass is 285 g/mol. The number of carbonyl (C=O) groups excluding carboxylic acids is 1. The van der Waals surface area contributed by atoms with Gasteiger partial charge in [-0.25, -0.2) is 9.38 Å². The van der Waals surface area contributed by atoms with Gasteiger partial charge >= 0.3 is 6.09 Å². The highest BCUT2D eigenvalue weighted by molar-refractivity contribution is 5.60. The second-order valence-corrected chi connectivity index (χ2v) is 6.94. The van der Waals surface area contributed by atoms with Crippen LogP contribution in [0.4, 0.5) is 4.79 Å². The van der Waals surface area contributed by atoms with Gasteiger partial charge in [-0.1, -0.05) is 0 Å². The van der Waals surface area contributed by atoms with Crippen LogP contribution in [0, 0.1) is 0 Å². The van der Waals surface area contributed by atoms with Crippen LogP contribution in [0.15, 0.2) is 0 Å². The number of hydrogen-bond acceptors (Lipinski definition) is 5. The predicted molar refractivity (Wildman–Crippen MR) is 78.4 cm³/mol. The van der Waals surface area contributed by atoms with Crippen LogP contribution in [0.5, 0.6) is 0 Å². The molecule has 2 unspecified atom stereocenters. The Morgan fingerprint density at radius 1 is 1.20 bits per heavy atom. The third kappa shape index (κ3) is 3.49. The minimum absolute atomic E-state index is 0.109. The largest absolute Gasteiger partial charge is 0.517 e. The van der Waals surface area contributed by atoms with Crippen molar-refractivity contribution in [2.75, 3.05) is 52.9 Å². The number of piperazine rings is 2. The molecule has 2 aliphatic heterocycles. The lowest BCUT2D eigenvalue weighted by atomic mass is 10.2. The lowest BCUT2D eigenvalue weighted by Crippen LogP contribution is -2.72. The Hall–Kier alpha value is -0.690. The van der Waals surface area contributed by atoms with E-state index in [1.165, 1.54) is 0 Å². The third-order valence-corrected chi connectivity index (χ3v) is 4.12. The maximum absolute atomic E-state index is 12.7. The SMILES string of the molecule is CC(C)(C)OC(=O)[N+]1(C)CCNCC1N1CCNCC1. The van der Waals surface area contributed by atoms with E-state index in [0.29, 0.717) is 4.48 Å². The molecule has 0 aliphatic carbocycles. The summed E-state index contributed by atoms with van der Waals surface area (Å²) in [5.74, 6) is 0. The smallest absolute Gasteiger partial charge is 0.414 e. The summed E-state index contributed by atoms with van der Waals surface area (Å²) in [6.07, 6.45) is 0.0585. The summed E-state index contributed by atoms with van der Waals surface area (Å²) < 4.78 is 6.02. The molecular weight excluding hydrogens is 256 g/mol. The van der Waals surface area contributed by atoms with Crippen molar-refractivity contribution in [1.82, 2.24) is 15.5 Å². The molecule has 0 bridgehead atoms. The van der Waals surface area contributed by atoms with E-state index >= 15 is 0 Å². The van der Waals surface area contributed by atoms with E-state index in [0.717, 1.165) is 45.8 Å². The molecule has 0 spiro atoms. The van der Waals surface area contributed by atoms with Gasteiger partial charge in [0, 0.05) is 32.7 Å². The average molecular weight is 285 g/mol. The molecule has 2 atom stereocenters. The van der Waals surface area contributed by atoms with Crippen LogP contribution in [-0.4, -0.2) is 80.1 Å². The van der Waals surface area contributed by atoms with Gasteiger partial charge in [0.15, 0.2) is 6.17 Å². The number of nitrogens with one attached hydrogen (secondary N) is 2. The maximum atomic E-state index is 12.7. The van der Waals surface area contributed by atoms with E-state index in [-0.39, 0.29) is 12.3 Å². The van der Waals surface area contributed by atoms with Gasteiger partial charge in [0.25, 0.3) is 0 Å². The molecular formula is C14H29N4O2+. The zero-order valence-electron chi connectivity index (χ0n) is 13.2. The quantitative estimate of drug-likeness (QED) is 0.674. The molecule has 6 heteroatoms. The van der Waals surface area contributed by atoms with Crippen molar-refractivity contribution in [3.8, 4) is 0 Å². The van der Waals surface area contributed by atoms with Crippen LogP contribution in [0.1, 0.15) is 20.8 Å².